The topological polar surface area (TPSA) is 58.3 Å². The van der Waals surface area contributed by atoms with Gasteiger partial charge in [0.1, 0.15) is 0 Å². The number of hydrogen-bond donors (Lipinski definition) is 3. The minimum atomic E-state index is -0.769. The Morgan fingerprint density at radius 2 is 2.14 bits per heavy atom. The van der Waals surface area contributed by atoms with Gasteiger partial charge in [-0.1, -0.05) is 11.6 Å². The van der Waals surface area contributed by atoms with Crippen molar-refractivity contribution in [2.24, 2.45) is 0 Å². The lowest BCUT2D eigenvalue weighted by Crippen LogP contribution is -2.29. The Morgan fingerprint density at radius 1 is 1.50 bits per heavy atom. The third-order valence-corrected chi connectivity index (χ3v) is 1.96. The lowest BCUT2D eigenvalue weighted by molar-refractivity contribution is 0.0945. The minimum absolute atomic E-state index is 0.428. The molecule has 0 saturated heterocycles. The van der Waals surface area contributed by atoms with Gasteiger partial charge in [0.2, 0.25) is 0 Å². The van der Waals surface area contributed by atoms with Crippen LogP contribution >= 0.6 is 11.6 Å². The monoisotopic (exact) mass is 214 g/mol. The summed E-state index contributed by atoms with van der Waals surface area (Å²) in [5.41, 5.74) is 6.32. The smallest absolute Gasteiger partial charge is 0.0763 e. The van der Waals surface area contributed by atoms with Crippen LogP contribution in [0.2, 0.25) is 5.02 Å². The van der Waals surface area contributed by atoms with E-state index in [9.17, 15) is 5.11 Å². The summed E-state index contributed by atoms with van der Waals surface area (Å²) in [5, 5.41) is 13.2. The molecule has 1 aromatic rings. The van der Waals surface area contributed by atoms with Crippen molar-refractivity contribution in [3.63, 3.8) is 0 Å². The number of nitrogens with two attached hydrogens (primary N) is 1. The maximum absolute atomic E-state index is 9.50. The van der Waals surface area contributed by atoms with Gasteiger partial charge in [0.05, 0.1) is 17.0 Å². The van der Waals surface area contributed by atoms with E-state index in [1.807, 2.05) is 0 Å². The van der Waals surface area contributed by atoms with E-state index in [0.29, 0.717) is 17.3 Å². The van der Waals surface area contributed by atoms with Gasteiger partial charge in [-0.3, -0.25) is 0 Å². The van der Waals surface area contributed by atoms with E-state index in [1.54, 1.807) is 32.0 Å². The number of rotatable bonds is 3. The van der Waals surface area contributed by atoms with Crippen LogP contribution in [0.15, 0.2) is 18.2 Å². The summed E-state index contributed by atoms with van der Waals surface area (Å²) >= 11 is 5.81. The number of nitrogen functional groups attached to an aromatic ring is 1. The molecular weight excluding hydrogens is 200 g/mol. The van der Waals surface area contributed by atoms with Crippen LogP contribution in [0.4, 0.5) is 11.4 Å². The van der Waals surface area contributed by atoms with Crippen molar-refractivity contribution in [1.82, 2.24) is 0 Å². The van der Waals surface area contributed by atoms with Gasteiger partial charge in [-0.2, -0.15) is 0 Å². The van der Waals surface area contributed by atoms with Gasteiger partial charge in [0, 0.05) is 11.6 Å². The molecule has 0 amide bonds. The van der Waals surface area contributed by atoms with Crippen LogP contribution in [-0.4, -0.2) is 17.3 Å². The Morgan fingerprint density at radius 3 is 2.71 bits per heavy atom. The van der Waals surface area contributed by atoms with Gasteiger partial charge in [-0.15, -0.1) is 0 Å². The average Bonchev–Trinajstić information content (AvgIpc) is 2.05. The molecule has 4 heteroatoms. The first-order valence-electron chi connectivity index (χ1n) is 4.40. The van der Waals surface area contributed by atoms with Crippen molar-refractivity contribution in [1.29, 1.82) is 0 Å². The van der Waals surface area contributed by atoms with Crippen LogP contribution in [-0.2, 0) is 0 Å². The highest BCUT2D eigenvalue weighted by Gasteiger charge is 2.12. The summed E-state index contributed by atoms with van der Waals surface area (Å²) < 4.78 is 0. The number of halogens is 1. The largest absolute Gasteiger partial charge is 0.397 e. The van der Waals surface area contributed by atoms with E-state index in [-0.39, 0.29) is 0 Å². The molecule has 0 aliphatic rings. The highest BCUT2D eigenvalue weighted by Crippen LogP contribution is 2.23. The standard InChI is InChI=1S/C10H15ClN2O/c1-10(2,14)6-13-9-5-7(11)3-4-8(9)12/h3-5,13-14H,6,12H2,1-2H3. The summed E-state index contributed by atoms with van der Waals surface area (Å²) in [6.45, 7) is 3.87. The third kappa shape index (κ3) is 3.44. The molecule has 0 bridgehead atoms. The molecule has 0 unspecified atom stereocenters. The lowest BCUT2D eigenvalue weighted by Gasteiger charge is -2.19. The summed E-state index contributed by atoms with van der Waals surface area (Å²) in [5.74, 6) is 0. The predicted octanol–water partition coefficient (Wildman–Crippen LogP) is 2.10. The zero-order chi connectivity index (χ0) is 10.8. The molecule has 0 aliphatic heterocycles. The van der Waals surface area contributed by atoms with Crippen molar-refractivity contribution in [3.8, 4) is 0 Å². The molecule has 0 aromatic heterocycles. The second-order valence-corrected chi connectivity index (χ2v) is 4.33. The number of anilines is 2. The highest BCUT2D eigenvalue weighted by atomic mass is 35.5. The number of benzene rings is 1. The molecular formula is C10H15ClN2O. The van der Waals surface area contributed by atoms with E-state index in [2.05, 4.69) is 5.32 Å². The summed E-state index contributed by atoms with van der Waals surface area (Å²) in [6.07, 6.45) is 0. The van der Waals surface area contributed by atoms with Crippen LogP contribution in [0.1, 0.15) is 13.8 Å². The molecule has 1 aromatic carbocycles. The van der Waals surface area contributed by atoms with Crippen LogP contribution in [0.25, 0.3) is 0 Å². The lowest BCUT2D eigenvalue weighted by atomic mass is 10.1. The van der Waals surface area contributed by atoms with Gasteiger partial charge in [-0.05, 0) is 32.0 Å². The van der Waals surface area contributed by atoms with Gasteiger partial charge >= 0.3 is 0 Å². The Kier molecular flexibility index (Phi) is 3.24. The Labute approximate surface area is 88.9 Å². The molecule has 78 valence electrons. The van der Waals surface area contributed by atoms with E-state index < -0.39 is 5.60 Å². The zero-order valence-corrected chi connectivity index (χ0v) is 9.10. The van der Waals surface area contributed by atoms with Crippen molar-refractivity contribution in [2.45, 2.75) is 19.4 Å². The molecule has 4 N–H and O–H groups in total. The van der Waals surface area contributed by atoms with E-state index in [1.165, 1.54) is 0 Å². The highest BCUT2D eigenvalue weighted by molar-refractivity contribution is 6.31. The van der Waals surface area contributed by atoms with Crippen molar-refractivity contribution < 1.29 is 5.11 Å². The summed E-state index contributed by atoms with van der Waals surface area (Å²) in [7, 11) is 0. The van der Waals surface area contributed by atoms with Crippen molar-refractivity contribution in [3.05, 3.63) is 23.2 Å². The second-order valence-electron chi connectivity index (χ2n) is 3.90. The average molecular weight is 215 g/mol. The predicted molar refractivity (Wildman–Crippen MR) is 60.7 cm³/mol. The molecule has 14 heavy (non-hydrogen) atoms. The van der Waals surface area contributed by atoms with Gasteiger partial charge < -0.3 is 16.2 Å². The maximum Gasteiger partial charge on any atom is 0.0763 e. The Bertz CT molecular complexity index is 320. The van der Waals surface area contributed by atoms with Crippen LogP contribution in [0.5, 0.6) is 0 Å². The molecule has 0 heterocycles. The summed E-state index contributed by atoms with van der Waals surface area (Å²) in [4.78, 5) is 0. The summed E-state index contributed by atoms with van der Waals surface area (Å²) in [6, 6.07) is 5.20. The maximum atomic E-state index is 9.50. The number of hydrogen-bond acceptors (Lipinski definition) is 3. The van der Waals surface area contributed by atoms with Crippen molar-refractivity contribution >= 4 is 23.0 Å². The minimum Gasteiger partial charge on any atom is -0.397 e. The molecule has 3 nitrogen and oxygen atoms in total. The first-order chi connectivity index (χ1) is 6.38. The van der Waals surface area contributed by atoms with Crippen LogP contribution < -0.4 is 11.1 Å². The first kappa shape index (κ1) is 11.1. The fourth-order valence-electron chi connectivity index (χ4n) is 0.993. The molecule has 0 atom stereocenters. The molecule has 0 saturated carbocycles. The van der Waals surface area contributed by atoms with Crippen LogP contribution in [0.3, 0.4) is 0 Å². The van der Waals surface area contributed by atoms with Crippen molar-refractivity contribution in [2.75, 3.05) is 17.6 Å². The molecule has 1 rings (SSSR count). The normalized spacial score (nSPS) is 11.4. The quantitative estimate of drug-likeness (QED) is 0.676. The number of aliphatic hydroxyl groups is 1. The van der Waals surface area contributed by atoms with E-state index in [4.69, 9.17) is 17.3 Å². The first-order valence-corrected chi connectivity index (χ1v) is 4.77. The van der Waals surface area contributed by atoms with Crippen LogP contribution in [0, 0.1) is 0 Å². The Hall–Kier alpha value is -0.930. The SMILES string of the molecule is CC(C)(O)CNc1cc(Cl)ccc1N. The van der Waals surface area contributed by atoms with Gasteiger partial charge in [0.15, 0.2) is 0 Å². The van der Waals surface area contributed by atoms with E-state index >= 15 is 0 Å². The van der Waals surface area contributed by atoms with Gasteiger partial charge in [0.25, 0.3) is 0 Å². The molecule has 0 spiro atoms. The molecule has 0 radical (unpaired) electrons. The van der Waals surface area contributed by atoms with Gasteiger partial charge in [-0.25, -0.2) is 0 Å². The zero-order valence-electron chi connectivity index (χ0n) is 8.34. The molecule has 0 aliphatic carbocycles. The number of nitrogens with one attached hydrogen (secondary N) is 1. The fourth-order valence-corrected chi connectivity index (χ4v) is 1.17. The third-order valence-electron chi connectivity index (χ3n) is 1.73. The molecule has 0 fully saturated rings. The second kappa shape index (κ2) is 4.07. The fraction of sp³-hybridized carbons (Fsp3) is 0.400. The van der Waals surface area contributed by atoms with E-state index in [0.717, 1.165) is 5.69 Å². The Balaban J connectivity index is 2.72.